The summed E-state index contributed by atoms with van der Waals surface area (Å²) in [7, 11) is 4.40. The Balaban J connectivity index is 2.00. The Hall–Kier alpha value is -0.120. The highest BCUT2D eigenvalue weighted by Gasteiger charge is 2.30. The van der Waals surface area contributed by atoms with Crippen molar-refractivity contribution in [2.75, 3.05) is 33.7 Å². The molecule has 0 bridgehead atoms. The van der Waals surface area contributed by atoms with Crippen LogP contribution in [0.5, 0.6) is 0 Å². The van der Waals surface area contributed by atoms with Gasteiger partial charge in [-0.15, -0.1) is 0 Å². The average Bonchev–Trinajstić information content (AvgIpc) is 2.53. The first-order valence-corrected chi connectivity index (χ1v) is 7.80. The molecule has 106 valence electrons. The van der Waals surface area contributed by atoms with Crippen molar-refractivity contribution in [3.63, 3.8) is 0 Å². The van der Waals surface area contributed by atoms with Gasteiger partial charge in [0.15, 0.2) is 0 Å². The van der Waals surface area contributed by atoms with Gasteiger partial charge in [0, 0.05) is 37.8 Å². The zero-order valence-corrected chi connectivity index (χ0v) is 12.5. The van der Waals surface area contributed by atoms with Crippen LogP contribution in [0.25, 0.3) is 0 Å². The fourth-order valence-corrected chi connectivity index (χ4v) is 3.57. The van der Waals surface area contributed by atoms with E-state index in [1.807, 2.05) is 0 Å². The van der Waals surface area contributed by atoms with Crippen LogP contribution in [0.2, 0.25) is 0 Å². The van der Waals surface area contributed by atoms with Gasteiger partial charge in [-0.25, -0.2) is 0 Å². The minimum absolute atomic E-state index is 0.684. The van der Waals surface area contributed by atoms with Gasteiger partial charge in [-0.1, -0.05) is 19.3 Å². The Kier molecular flexibility index (Phi) is 5.46. The van der Waals surface area contributed by atoms with Crippen LogP contribution in [-0.2, 0) is 0 Å². The van der Waals surface area contributed by atoms with Crippen LogP contribution in [0.3, 0.4) is 0 Å². The fourth-order valence-electron chi connectivity index (χ4n) is 3.57. The Morgan fingerprint density at radius 3 is 2.50 bits per heavy atom. The second-order valence-electron chi connectivity index (χ2n) is 6.54. The molecule has 1 saturated carbocycles. The molecule has 1 heterocycles. The highest BCUT2D eigenvalue weighted by atomic mass is 15.3. The minimum atomic E-state index is 0.684. The number of likely N-dealkylation sites (N-methyl/N-ethyl adjacent to an activating group) is 1. The van der Waals surface area contributed by atoms with E-state index < -0.39 is 0 Å². The lowest BCUT2D eigenvalue weighted by Crippen LogP contribution is -2.51. The van der Waals surface area contributed by atoms with Crippen molar-refractivity contribution in [2.45, 2.75) is 63.6 Å². The molecule has 2 fully saturated rings. The van der Waals surface area contributed by atoms with Gasteiger partial charge in [0.2, 0.25) is 0 Å². The maximum atomic E-state index is 3.70. The van der Waals surface area contributed by atoms with Gasteiger partial charge < -0.3 is 10.2 Å². The second-order valence-corrected chi connectivity index (χ2v) is 6.54. The van der Waals surface area contributed by atoms with Crippen LogP contribution >= 0.6 is 0 Å². The summed E-state index contributed by atoms with van der Waals surface area (Å²) >= 11 is 0. The summed E-state index contributed by atoms with van der Waals surface area (Å²) in [5, 5.41) is 3.70. The zero-order chi connectivity index (χ0) is 13.0. The molecule has 2 rings (SSSR count). The molecule has 2 atom stereocenters. The normalized spacial score (nSPS) is 32.7. The van der Waals surface area contributed by atoms with Crippen molar-refractivity contribution >= 4 is 0 Å². The minimum Gasteiger partial charge on any atom is -0.313 e. The molecule has 2 aliphatic rings. The molecule has 1 saturated heterocycles. The summed E-state index contributed by atoms with van der Waals surface area (Å²) in [4.78, 5) is 5.17. The van der Waals surface area contributed by atoms with Gasteiger partial charge in [0.1, 0.15) is 0 Å². The maximum Gasteiger partial charge on any atom is 0.0350 e. The van der Waals surface area contributed by atoms with E-state index in [-0.39, 0.29) is 0 Å². The van der Waals surface area contributed by atoms with Gasteiger partial charge in [-0.05, 0) is 40.3 Å². The lowest BCUT2D eigenvalue weighted by Gasteiger charge is -2.39. The Labute approximate surface area is 113 Å². The van der Waals surface area contributed by atoms with Crippen LogP contribution in [0.15, 0.2) is 0 Å². The topological polar surface area (TPSA) is 18.5 Å². The third-order valence-corrected chi connectivity index (χ3v) is 4.61. The molecule has 0 amide bonds. The van der Waals surface area contributed by atoms with Crippen molar-refractivity contribution < 1.29 is 0 Å². The van der Waals surface area contributed by atoms with Crippen LogP contribution in [0.1, 0.15) is 45.4 Å². The summed E-state index contributed by atoms with van der Waals surface area (Å²) < 4.78 is 0. The first kappa shape index (κ1) is 14.3. The molecule has 3 nitrogen and oxygen atoms in total. The van der Waals surface area contributed by atoms with E-state index in [1.165, 1.54) is 51.6 Å². The molecule has 3 heteroatoms. The van der Waals surface area contributed by atoms with Crippen molar-refractivity contribution in [1.82, 2.24) is 15.1 Å². The van der Waals surface area contributed by atoms with Gasteiger partial charge in [-0.3, -0.25) is 4.90 Å². The SMILES string of the molecule is CC1CCN(C2CCCCC2)C(CN(C)C)CN1. The maximum absolute atomic E-state index is 3.70. The molecule has 0 aromatic rings. The summed E-state index contributed by atoms with van der Waals surface area (Å²) in [6, 6.07) is 2.24. The number of nitrogens with one attached hydrogen (secondary N) is 1. The van der Waals surface area contributed by atoms with E-state index in [2.05, 4.69) is 36.1 Å². The molecular weight excluding hydrogens is 222 g/mol. The monoisotopic (exact) mass is 253 g/mol. The number of hydrogen-bond donors (Lipinski definition) is 1. The molecule has 0 radical (unpaired) electrons. The lowest BCUT2D eigenvalue weighted by atomic mass is 9.93. The molecule has 0 aromatic carbocycles. The van der Waals surface area contributed by atoms with E-state index in [0.717, 1.165) is 12.6 Å². The van der Waals surface area contributed by atoms with Gasteiger partial charge >= 0.3 is 0 Å². The van der Waals surface area contributed by atoms with E-state index >= 15 is 0 Å². The third-order valence-electron chi connectivity index (χ3n) is 4.61. The van der Waals surface area contributed by atoms with Gasteiger partial charge in [0.25, 0.3) is 0 Å². The predicted molar refractivity (Wildman–Crippen MR) is 78.0 cm³/mol. The molecule has 18 heavy (non-hydrogen) atoms. The molecule has 2 unspecified atom stereocenters. The van der Waals surface area contributed by atoms with E-state index in [9.17, 15) is 0 Å². The first-order valence-electron chi connectivity index (χ1n) is 7.80. The lowest BCUT2D eigenvalue weighted by molar-refractivity contribution is 0.0952. The number of nitrogens with zero attached hydrogens (tertiary/aromatic N) is 2. The summed E-state index contributed by atoms with van der Waals surface area (Å²) in [6.07, 6.45) is 8.51. The molecule has 0 aromatic heterocycles. The van der Waals surface area contributed by atoms with Crippen LogP contribution in [0, 0.1) is 0 Å². The van der Waals surface area contributed by atoms with Crippen molar-refractivity contribution in [3.05, 3.63) is 0 Å². The standard InChI is InChI=1S/C15H31N3/c1-13-9-10-18(14-7-5-4-6-8-14)15(11-16-13)12-17(2)3/h13-16H,4-12H2,1-3H3. The van der Waals surface area contributed by atoms with E-state index in [1.54, 1.807) is 0 Å². The average molecular weight is 253 g/mol. The number of rotatable bonds is 3. The second kappa shape index (κ2) is 6.88. The number of hydrogen-bond acceptors (Lipinski definition) is 3. The molecular formula is C15H31N3. The predicted octanol–water partition coefficient (Wildman–Crippen LogP) is 1.93. The van der Waals surface area contributed by atoms with Crippen LogP contribution in [-0.4, -0.2) is 61.7 Å². The van der Waals surface area contributed by atoms with E-state index in [4.69, 9.17) is 0 Å². The molecule has 1 aliphatic carbocycles. The fraction of sp³-hybridized carbons (Fsp3) is 1.00. The molecule has 1 aliphatic heterocycles. The Morgan fingerprint density at radius 1 is 1.11 bits per heavy atom. The summed E-state index contributed by atoms with van der Waals surface area (Å²) in [5.41, 5.74) is 0. The van der Waals surface area contributed by atoms with Crippen LogP contribution in [0.4, 0.5) is 0 Å². The smallest absolute Gasteiger partial charge is 0.0350 e. The quantitative estimate of drug-likeness (QED) is 0.829. The van der Waals surface area contributed by atoms with Gasteiger partial charge in [-0.2, -0.15) is 0 Å². The Morgan fingerprint density at radius 2 is 1.83 bits per heavy atom. The van der Waals surface area contributed by atoms with Crippen LogP contribution < -0.4 is 5.32 Å². The Bertz CT molecular complexity index is 236. The van der Waals surface area contributed by atoms with Crippen molar-refractivity contribution in [3.8, 4) is 0 Å². The van der Waals surface area contributed by atoms with Crippen molar-refractivity contribution in [1.29, 1.82) is 0 Å². The highest BCUT2D eigenvalue weighted by molar-refractivity contribution is 4.88. The van der Waals surface area contributed by atoms with E-state index in [0.29, 0.717) is 12.1 Å². The highest BCUT2D eigenvalue weighted by Crippen LogP contribution is 2.25. The zero-order valence-electron chi connectivity index (χ0n) is 12.5. The third kappa shape index (κ3) is 3.94. The van der Waals surface area contributed by atoms with Gasteiger partial charge in [0.05, 0.1) is 0 Å². The largest absolute Gasteiger partial charge is 0.313 e. The summed E-state index contributed by atoms with van der Waals surface area (Å²) in [5.74, 6) is 0. The molecule has 1 N–H and O–H groups in total. The summed E-state index contributed by atoms with van der Waals surface area (Å²) in [6.45, 7) is 5.97. The first-order chi connectivity index (χ1) is 8.66. The molecule has 0 spiro atoms. The van der Waals surface area contributed by atoms with Crippen molar-refractivity contribution in [2.24, 2.45) is 0 Å².